The number of nitrogens with two attached hydrogens (primary N) is 1. The Morgan fingerprint density at radius 3 is 1.37 bits per heavy atom. The molecule has 0 amide bonds. The van der Waals surface area contributed by atoms with Crippen LogP contribution in [-0.4, -0.2) is 49.3 Å². The maximum Gasteiger partial charge on any atom is 0.472 e. The normalized spacial score (nSPS) is 13.8. The second-order valence-electron chi connectivity index (χ2n) is 15.6. The van der Waals surface area contributed by atoms with Crippen molar-refractivity contribution in [2.24, 2.45) is 5.73 Å². The van der Waals surface area contributed by atoms with Crippen molar-refractivity contribution in [1.82, 2.24) is 0 Å². The molecule has 2 atom stereocenters. The first-order valence-corrected chi connectivity index (χ1v) is 25.3. The van der Waals surface area contributed by atoms with Crippen molar-refractivity contribution in [3.05, 3.63) is 60.8 Å². The summed E-state index contributed by atoms with van der Waals surface area (Å²) in [6.07, 6.45) is 53.9. The highest BCUT2D eigenvalue weighted by atomic mass is 31.2. The Morgan fingerprint density at radius 2 is 0.881 bits per heavy atom. The molecule has 0 aliphatic heterocycles. The van der Waals surface area contributed by atoms with Gasteiger partial charge in [-0.05, 0) is 83.5 Å². The molecule has 0 saturated carbocycles. The van der Waals surface area contributed by atoms with Crippen LogP contribution in [0.25, 0.3) is 0 Å². The molecule has 0 aromatic rings. The van der Waals surface area contributed by atoms with Crippen LogP contribution in [0.2, 0.25) is 0 Å². The summed E-state index contributed by atoms with van der Waals surface area (Å²) in [4.78, 5) is 35.0. The Bertz CT molecular complexity index is 1150. The first kappa shape index (κ1) is 56.7. The Morgan fingerprint density at radius 1 is 0.508 bits per heavy atom. The third-order valence-electron chi connectivity index (χ3n) is 9.88. The van der Waals surface area contributed by atoms with Gasteiger partial charge in [0.15, 0.2) is 6.10 Å². The lowest BCUT2D eigenvalue weighted by Gasteiger charge is -2.19. The fourth-order valence-electron chi connectivity index (χ4n) is 6.32. The third-order valence-corrected chi connectivity index (χ3v) is 10.9. The summed E-state index contributed by atoms with van der Waals surface area (Å²) >= 11 is 0. The average Bonchev–Trinajstić information content (AvgIpc) is 3.22. The molecule has 0 aliphatic carbocycles. The Labute approximate surface area is 361 Å². The molecule has 0 heterocycles. The van der Waals surface area contributed by atoms with Crippen LogP contribution in [0.4, 0.5) is 0 Å². The second-order valence-corrected chi connectivity index (χ2v) is 17.1. The van der Waals surface area contributed by atoms with E-state index in [-0.39, 0.29) is 32.6 Å². The van der Waals surface area contributed by atoms with Gasteiger partial charge in [0.05, 0.1) is 13.2 Å². The van der Waals surface area contributed by atoms with Gasteiger partial charge in [-0.15, -0.1) is 0 Å². The molecule has 3 N–H and O–H groups in total. The molecule has 10 heteroatoms. The molecule has 0 aromatic carbocycles. The first-order chi connectivity index (χ1) is 28.8. The predicted octanol–water partition coefficient (Wildman–Crippen LogP) is 14.1. The van der Waals surface area contributed by atoms with Crippen molar-refractivity contribution in [3.8, 4) is 0 Å². The van der Waals surface area contributed by atoms with Crippen LogP contribution < -0.4 is 5.73 Å². The van der Waals surface area contributed by atoms with Gasteiger partial charge in [-0.1, -0.05) is 171 Å². The van der Waals surface area contributed by atoms with Gasteiger partial charge in [-0.25, -0.2) is 4.57 Å². The standard InChI is InChI=1S/C49H88NO8P/c1-3-5-7-9-11-13-15-17-19-21-23-25-27-29-31-33-35-37-39-41-48(51)55-45-47(46-57-59(53,54)56-44-43-50)58-49(52)42-40-38-36-34-32-30-28-26-24-22-20-18-16-14-12-10-8-6-4-2/h11,13,17,19,22-25,29,31,47H,3-10,12,14-16,18,20-21,26-28,30,32-46,50H2,1-2H3,(H,53,54)/b13-11-,19-17-,24-22-,25-23-,31-29-/t47-/m1/s1. The maximum atomic E-state index is 12.6. The molecular formula is C49H88NO8P. The van der Waals surface area contributed by atoms with Crippen LogP contribution in [0, 0.1) is 0 Å². The van der Waals surface area contributed by atoms with Crippen molar-refractivity contribution < 1.29 is 37.6 Å². The molecule has 0 bridgehead atoms. The van der Waals surface area contributed by atoms with E-state index in [2.05, 4.69) is 74.6 Å². The smallest absolute Gasteiger partial charge is 0.462 e. The van der Waals surface area contributed by atoms with E-state index in [0.717, 1.165) is 64.2 Å². The molecule has 0 rings (SSSR count). The van der Waals surface area contributed by atoms with E-state index in [1.807, 2.05) is 0 Å². The fourth-order valence-corrected chi connectivity index (χ4v) is 7.08. The van der Waals surface area contributed by atoms with Crippen molar-refractivity contribution in [3.63, 3.8) is 0 Å². The minimum absolute atomic E-state index is 0.0459. The quantitative estimate of drug-likeness (QED) is 0.0266. The third kappa shape index (κ3) is 45.1. The predicted molar refractivity (Wildman–Crippen MR) is 247 cm³/mol. The average molecular weight is 850 g/mol. The van der Waals surface area contributed by atoms with Gasteiger partial charge in [0.1, 0.15) is 6.61 Å². The minimum Gasteiger partial charge on any atom is -0.462 e. The topological polar surface area (TPSA) is 134 Å². The van der Waals surface area contributed by atoms with Crippen LogP contribution in [0.3, 0.4) is 0 Å². The molecule has 0 spiro atoms. The van der Waals surface area contributed by atoms with E-state index in [1.54, 1.807) is 0 Å². The molecule has 1 unspecified atom stereocenters. The van der Waals surface area contributed by atoms with E-state index in [9.17, 15) is 19.0 Å². The van der Waals surface area contributed by atoms with Crippen molar-refractivity contribution in [2.75, 3.05) is 26.4 Å². The zero-order valence-electron chi connectivity index (χ0n) is 37.7. The van der Waals surface area contributed by atoms with E-state index in [1.165, 1.54) is 103 Å². The van der Waals surface area contributed by atoms with Crippen molar-refractivity contribution >= 4 is 19.8 Å². The highest BCUT2D eigenvalue weighted by molar-refractivity contribution is 7.47. The summed E-state index contributed by atoms with van der Waals surface area (Å²) in [5, 5.41) is 0. The Kier molecular flexibility index (Phi) is 43.5. The number of phosphoric ester groups is 1. The number of hydrogen-bond donors (Lipinski definition) is 2. The van der Waals surface area contributed by atoms with Gasteiger partial charge in [0.2, 0.25) is 0 Å². The van der Waals surface area contributed by atoms with Gasteiger partial charge in [0, 0.05) is 19.4 Å². The highest BCUT2D eigenvalue weighted by Gasteiger charge is 2.26. The summed E-state index contributed by atoms with van der Waals surface area (Å²) in [5.74, 6) is -0.869. The Balaban J connectivity index is 4.18. The molecule has 59 heavy (non-hydrogen) atoms. The van der Waals surface area contributed by atoms with E-state index in [4.69, 9.17) is 24.3 Å². The van der Waals surface area contributed by atoms with Crippen LogP contribution in [-0.2, 0) is 32.7 Å². The van der Waals surface area contributed by atoms with Gasteiger partial charge in [-0.2, -0.15) is 0 Å². The summed E-state index contributed by atoms with van der Waals surface area (Å²) in [7, 11) is -4.39. The summed E-state index contributed by atoms with van der Waals surface area (Å²) in [6.45, 7) is 3.67. The van der Waals surface area contributed by atoms with Crippen molar-refractivity contribution in [2.45, 2.75) is 213 Å². The number of ether oxygens (including phenoxy) is 2. The van der Waals surface area contributed by atoms with Gasteiger partial charge < -0.3 is 20.1 Å². The number of hydrogen-bond acceptors (Lipinski definition) is 8. The molecule has 0 aliphatic rings. The van der Waals surface area contributed by atoms with E-state index in [0.29, 0.717) is 12.8 Å². The highest BCUT2D eigenvalue weighted by Crippen LogP contribution is 2.43. The number of carbonyl (C=O) groups excluding carboxylic acids is 2. The Hall–Kier alpha value is -2.29. The zero-order chi connectivity index (χ0) is 43.2. The van der Waals surface area contributed by atoms with Gasteiger partial charge >= 0.3 is 19.8 Å². The lowest BCUT2D eigenvalue weighted by molar-refractivity contribution is -0.161. The summed E-state index contributed by atoms with van der Waals surface area (Å²) < 4.78 is 32.8. The second kappa shape index (κ2) is 45.2. The number of phosphoric acid groups is 1. The van der Waals surface area contributed by atoms with Crippen LogP contribution in [0.15, 0.2) is 60.8 Å². The summed E-state index contributed by atoms with van der Waals surface area (Å²) in [5.41, 5.74) is 5.36. The molecular weight excluding hydrogens is 762 g/mol. The molecule has 9 nitrogen and oxygen atoms in total. The minimum atomic E-state index is -4.39. The number of allylic oxidation sites excluding steroid dienone is 10. The van der Waals surface area contributed by atoms with E-state index < -0.39 is 32.5 Å². The fraction of sp³-hybridized carbons (Fsp3) is 0.755. The SMILES string of the molecule is CCCCC/C=C\C/C=C\C/C=C\C/C=C\CCCCCC(=O)OC[C@H](COP(=O)(O)OCCN)OC(=O)CCCCCCCCC/C=C\CCCCCCCCCC. The maximum absolute atomic E-state index is 12.6. The monoisotopic (exact) mass is 850 g/mol. The molecule has 0 aromatic heterocycles. The van der Waals surface area contributed by atoms with Crippen LogP contribution >= 0.6 is 7.82 Å². The molecule has 0 radical (unpaired) electrons. The van der Waals surface area contributed by atoms with E-state index >= 15 is 0 Å². The molecule has 0 fully saturated rings. The number of esters is 2. The zero-order valence-corrected chi connectivity index (χ0v) is 38.6. The molecule has 0 saturated heterocycles. The first-order valence-electron chi connectivity index (χ1n) is 23.8. The lowest BCUT2D eigenvalue weighted by atomic mass is 10.1. The van der Waals surface area contributed by atoms with Crippen LogP contribution in [0.1, 0.15) is 206 Å². The number of unbranched alkanes of at least 4 members (excludes halogenated alkanes) is 21. The van der Waals surface area contributed by atoms with Crippen LogP contribution in [0.5, 0.6) is 0 Å². The van der Waals surface area contributed by atoms with Gasteiger partial charge in [0.25, 0.3) is 0 Å². The van der Waals surface area contributed by atoms with Crippen molar-refractivity contribution in [1.29, 1.82) is 0 Å². The van der Waals surface area contributed by atoms with Gasteiger partial charge in [-0.3, -0.25) is 18.6 Å². The number of rotatable bonds is 44. The summed E-state index contributed by atoms with van der Waals surface area (Å²) in [6, 6.07) is 0. The number of carbonyl (C=O) groups is 2. The largest absolute Gasteiger partial charge is 0.472 e. The lowest BCUT2D eigenvalue weighted by Crippen LogP contribution is -2.29. The molecule has 342 valence electrons.